The first-order valence-electron chi connectivity index (χ1n) is 7.81. The highest BCUT2D eigenvalue weighted by atomic mass is 35.5. The molecule has 0 bridgehead atoms. The summed E-state index contributed by atoms with van der Waals surface area (Å²) in [5.74, 6) is -1.45. The molecule has 0 aliphatic rings. The van der Waals surface area contributed by atoms with E-state index in [0.29, 0.717) is 11.3 Å². The first-order valence-corrected chi connectivity index (χ1v) is 8.19. The lowest BCUT2D eigenvalue weighted by molar-refractivity contribution is -0.120. The average molecular weight is 386 g/mol. The maximum atomic E-state index is 12.4. The van der Waals surface area contributed by atoms with Crippen molar-refractivity contribution in [3.05, 3.63) is 58.6 Å². The molecular weight excluding hydrogens is 370 g/mol. The van der Waals surface area contributed by atoms with Crippen molar-refractivity contribution in [1.29, 1.82) is 5.26 Å². The van der Waals surface area contributed by atoms with Crippen molar-refractivity contribution in [2.75, 3.05) is 23.9 Å². The van der Waals surface area contributed by atoms with E-state index in [4.69, 9.17) is 16.9 Å². The van der Waals surface area contributed by atoms with Gasteiger partial charge in [0.15, 0.2) is 0 Å². The Balaban J connectivity index is 2.21. The molecule has 0 unspecified atom stereocenters. The van der Waals surface area contributed by atoms with Crippen LogP contribution in [0.3, 0.4) is 0 Å². The highest BCUT2D eigenvalue weighted by Crippen LogP contribution is 2.24. The number of benzene rings is 2. The van der Waals surface area contributed by atoms with Crippen molar-refractivity contribution in [2.24, 2.45) is 0 Å². The maximum absolute atomic E-state index is 12.4. The Morgan fingerprint density at radius 1 is 1.22 bits per heavy atom. The van der Waals surface area contributed by atoms with Crippen molar-refractivity contribution >= 4 is 40.8 Å². The standard InChI is InChI=1S/C19H16ClN3O4/c1-12(24)23(15-5-3-4-13(8-15)10-21)11-18(25)22-17-9-14(19(26)27-2)6-7-16(17)20/h3-9H,11H2,1-2H3,(H,22,25). The summed E-state index contributed by atoms with van der Waals surface area (Å²) < 4.78 is 4.64. The highest BCUT2D eigenvalue weighted by molar-refractivity contribution is 6.34. The van der Waals surface area contributed by atoms with Crippen LogP contribution in [-0.2, 0) is 14.3 Å². The second-order valence-corrected chi connectivity index (χ2v) is 5.91. The summed E-state index contributed by atoms with van der Waals surface area (Å²) in [7, 11) is 1.25. The number of esters is 1. The number of nitrogens with one attached hydrogen (secondary N) is 1. The Bertz CT molecular complexity index is 937. The summed E-state index contributed by atoms with van der Waals surface area (Å²) >= 11 is 6.06. The maximum Gasteiger partial charge on any atom is 0.337 e. The fourth-order valence-electron chi connectivity index (χ4n) is 2.33. The molecule has 27 heavy (non-hydrogen) atoms. The summed E-state index contributed by atoms with van der Waals surface area (Å²) in [5.41, 5.74) is 1.24. The normalized spacial score (nSPS) is 9.85. The Kier molecular flexibility index (Phi) is 6.52. The van der Waals surface area contributed by atoms with Gasteiger partial charge < -0.3 is 15.0 Å². The van der Waals surface area contributed by atoms with Gasteiger partial charge in [-0.1, -0.05) is 17.7 Å². The Hall–Kier alpha value is -3.37. The van der Waals surface area contributed by atoms with Gasteiger partial charge in [0.05, 0.1) is 35.0 Å². The SMILES string of the molecule is COC(=O)c1ccc(Cl)c(NC(=O)CN(C(C)=O)c2cccc(C#N)c2)c1. The molecule has 0 saturated carbocycles. The third-order valence-electron chi connectivity index (χ3n) is 3.63. The van der Waals surface area contributed by atoms with Gasteiger partial charge in [0.1, 0.15) is 6.54 Å². The van der Waals surface area contributed by atoms with E-state index in [1.165, 1.54) is 43.2 Å². The van der Waals surface area contributed by atoms with Crippen molar-refractivity contribution in [2.45, 2.75) is 6.92 Å². The fraction of sp³-hybridized carbons (Fsp3) is 0.158. The molecule has 2 aromatic rings. The van der Waals surface area contributed by atoms with Crippen LogP contribution in [0.1, 0.15) is 22.8 Å². The van der Waals surface area contributed by atoms with Crippen LogP contribution in [0.25, 0.3) is 0 Å². The van der Waals surface area contributed by atoms with Crippen molar-refractivity contribution < 1.29 is 19.1 Å². The summed E-state index contributed by atoms with van der Waals surface area (Å²) in [6.07, 6.45) is 0. The summed E-state index contributed by atoms with van der Waals surface area (Å²) in [4.78, 5) is 37.2. The minimum atomic E-state index is -0.569. The Morgan fingerprint density at radius 3 is 2.59 bits per heavy atom. The quantitative estimate of drug-likeness (QED) is 0.797. The van der Waals surface area contributed by atoms with Gasteiger partial charge in [-0.05, 0) is 36.4 Å². The molecule has 7 nitrogen and oxygen atoms in total. The first-order chi connectivity index (χ1) is 12.8. The molecule has 1 N–H and O–H groups in total. The van der Waals surface area contributed by atoms with Crippen molar-refractivity contribution in [1.82, 2.24) is 0 Å². The Labute approximate surface area is 161 Å². The molecule has 0 radical (unpaired) electrons. The van der Waals surface area contributed by atoms with Crippen molar-refractivity contribution in [3.63, 3.8) is 0 Å². The van der Waals surface area contributed by atoms with Crippen LogP contribution < -0.4 is 10.2 Å². The molecule has 0 heterocycles. The molecule has 2 aromatic carbocycles. The average Bonchev–Trinajstić information content (AvgIpc) is 2.67. The minimum Gasteiger partial charge on any atom is -0.465 e. The second-order valence-electron chi connectivity index (χ2n) is 5.50. The van der Waals surface area contributed by atoms with Crippen LogP contribution >= 0.6 is 11.6 Å². The van der Waals surface area contributed by atoms with Gasteiger partial charge in [0.25, 0.3) is 0 Å². The zero-order chi connectivity index (χ0) is 20.0. The largest absolute Gasteiger partial charge is 0.465 e. The van der Waals surface area contributed by atoms with E-state index in [1.54, 1.807) is 18.2 Å². The third kappa shape index (κ3) is 5.06. The molecule has 2 amide bonds. The van der Waals surface area contributed by atoms with Crippen LogP contribution in [0.4, 0.5) is 11.4 Å². The zero-order valence-corrected chi connectivity index (χ0v) is 15.4. The number of halogens is 1. The zero-order valence-electron chi connectivity index (χ0n) is 14.7. The van der Waals surface area contributed by atoms with Crippen LogP contribution in [0, 0.1) is 11.3 Å². The predicted molar refractivity (Wildman–Crippen MR) is 101 cm³/mol. The van der Waals surface area contributed by atoms with Gasteiger partial charge >= 0.3 is 5.97 Å². The number of hydrogen-bond acceptors (Lipinski definition) is 5. The van der Waals surface area contributed by atoms with Gasteiger partial charge in [-0.2, -0.15) is 5.26 Å². The number of ether oxygens (including phenoxy) is 1. The summed E-state index contributed by atoms with van der Waals surface area (Å²) in [6.45, 7) is 1.03. The summed E-state index contributed by atoms with van der Waals surface area (Å²) in [6, 6.07) is 12.7. The van der Waals surface area contributed by atoms with Gasteiger partial charge in [0, 0.05) is 12.6 Å². The lowest BCUT2D eigenvalue weighted by Gasteiger charge is -2.21. The van der Waals surface area contributed by atoms with Gasteiger partial charge in [-0.25, -0.2) is 4.79 Å². The molecular formula is C19H16ClN3O4. The van der Waals surface area contributed by atoms with E-state index in [-0.39, 0.29) is 28.7 Å². The second kappa shape index (κ2) is 8.83. The van der Waals surface area contributed by atoms with Crippen LogP contribution in [0.15, 0.2) is 42.5 Å². The van der Waals surface area contributed by atoms with E-state index in [1.807, 2.05) is 6.07 Å². The van der Waals surface area contributed by atoms with Crippen molar-refractivity contribution in [3.8, 4) is 6.07 Å². The molecule has 138 valence electrons. The number of carbonyl (C=O) groups excluding carboxylic acids is 3. The smallest absolute Gasteiger partial charge is 0.337 e. The lowest BCUT2D eigenvalue weighted by Crippen LogP contribution is -2.36. The number of nitrogens with zero attached hydrogens (tertiary/aromatic N) is 2. The van der Waals surface area contributed by atoms with E-state index >= 15 is 0 Å². The predicted octanol–water partition coefficient (Wildman–Crippen LogP) is 2.99. The van der Waals surface area contributed by atoms with Gasteiger partial charge in [-0.15, -0.1) is 0 Å². The van der Waals surface area contributed by atoms with Crippen LogP contribution in [0.5, 0.6) is 0 Å². The molecule has 8 heteroatoms. The number of anilines is 2. The number of hydrogen-bond donors (Lipinski definition) is 1. The molecule has 0 saturated heterocycles. The number of carbonyl (C=O) groups is 3. The Morgan fingerprint density at radius 2 is 1.96 bits per heavy atom. The highest BCUT2D eigenvalue weighted by Gasteiger charge is 2.18. The number of nitriles is 1. The summed E-state index contributed by atoms with van der Waals surface area (Å²) in [5, 5.41) is 11.8. The topological polar surface area (TPSA) is 99.5 Å². The number of amides is 2. The molecule has 0 fully saturated rings. The fourth-order valence-corrected chi connectivity index (χ4v) is 2.49. The number of rotatable bonds is 5. The van der Waals surface area contributed by atoms with E-state index < -0.39 is 11.9 Å². The molecule has 0 aliphatic heterocycles. The molecule has 0 aromatic heterocycles. The van der Waals surface area contributed by atoms with Gasteiger partial charge in [-0.3, -0.25) is 9.59 Å². The molecule has 0 aliphatic carbocycles. The van der Waals surface area contributed by atoms with Crippen LogP contribution in [0.2, 0.25) is 5.02 Å². The van der Waals surface area contributed by atoms with Crippen LogP contribution in [-0.4, -0.2) is 31.4 Å². The third-order valence-corrected chi connectivity index (χ3v) is 3.96. The van der Waals surface area contributed by atoms with E-state index in [0.717, 1.165) is 0 Å². The van der Waals surface area contributed by atoms with Gasteiger partial charge in [0.2, 0.25) is 11.8 Å². The monoisotopic (exact) mass is 385 g/mol. The van der Waals surface area contributed by atoms with E-state index in [2.05, 4.69) is 10.1 Å². The number of methoxy groups -OCH3 is 1. The molecule has 0 spiro atoms. The lowest BCUT2D eigenvalue weighted by atomic mass is 10.2. The minimum absolute atomic E-state index is 0.221. The molecule has 0 atom stereocenters. The first kappa shape index (κ1) is 19.9. The van der Waals surface area contributed by atoms with E-state index in [9.17, 15) is 14.4 Å². The molecule has 2 rings (SSSR count).